The van der Waals surface area contributed by atoms with Crippen LogP contribution in [0.2, 0.25) is 0 Å². The number of ether oxygens (including phenoxy) is 2. The van der Waals surface area contributed by atoms with E-state index in [-0.39, 0.29) is 11.8 Å². The van der Waals surface area contributed by atoms with Crippen LogP contribution in [0.4, 0.5) is 0 Å². The average molecular weight is 331 g/mol. The third kappa shape index (κ3) is 2.32. The fourth-order valence-electron chi connectivity index (χ4n) is 4.40. The van der Waals surface area contributed by atoms with Crippen LogP contribution >= 0.6 is 0 Å². The molecule has 128 valence electrons. The van der Waals surface area contributed by atoms with Gasteiger partial charge in [0.1, 0.15) is 12.1 Å². The minimum absolute atomic E-state index is 0.0681. The zero-order chi connectivity index (χ0) is 16.8. The number of para-hydroxylation sites is 2. The first kappa shape index (κ1) is 15.3. The maximum absolute atomic E-state index is 13.0. The van der Waals surface area contributed by atoms with Crippen LogP contribution in [-0.4, -0.2) is 46.7 Å². The van der Waals surface area contributed by atoms with E-state index in [2.05, 4.69) is 0 Å². The standard InChI is InChI=1S/C18H21NO5/c1-10-16(24-14-8-3-2-7-13(14)23-10)17(20)19-9-11-5-4-6-12(11)15(19)18(21)22/h2-3,7-8,10-12,15-16H,4-6,9H2,1H3,(H,21,22). The highest BCUT2D eigenvalue weighted by Crippen LogP contribution is 2.43. The Morgan fingerprint density at radius 3 is 2.58 bits per heavy atom. The SMILES string of the molecule is CC1Oc2ccccc2OC1C(=O)N1CC2CCCC2C1C(=O)O. The molecule has 4 rings (SSSR count). The monoisotopic (exact) mass is 331 g/mol. The Morgan fingerprint density at radius 1 is 1.17 bits per heavy atom. The van der Waals surface area contributed by atoms with Crippen molar-refractivity contribution in [3.63, 3.8) is 0 Å². The Kier molecular flexibility index (Phi) is 3.62. The lowest BCUT2D eigenvalue weighted by Gasteiger charge is -2.35. The normalized spacial score (nSPS) is 34.0. The minimum Gasteiger partial charge on any atom is -0.482 e. The van der Waals surface area contributed by atoms with Crippen LogP contribution in [0.3, 0.4) is 0 Å². The van der Waals surface area contributed by atoms with Crippen LogP contribution in [0.15, 0.2) is 24.3 Å². The molecule has 1 amide bonds. The quantitative estimate of drug-likeness (QED) is 0.896. The second-order valence-corrected chi connectivity index (χ2v) is 6.94. The number of carboxylic acid groups (broad SMARTS) is 1. The summed E-state index contributed by atoms with van der Waals surface area (Å²) in [5.74, 6) is 0.310. The van der Waals surface area contributed by atoms with E-state index >= 15 is 0 Å². The second-order valence-electron chi connectivity index (χ2n) is 6.94. The van der Waals surface area contributed by atoms with Gasteiger partial charge < -0.3 is 19.5 Å². The van der Waals surface area contributed by atoms with E-state index in [0.717, 1.165) is 19.3 Å². The van der Waals surface area contributed by atoms with Gasteiger partial charge in [-0.15, -0.1) is 0 Å². The lowest BCUT2D eigenvalue weighted by Crippen LogP contribution is -2.54. The molecule has 2 fully saturated rings. The third-order valence-electron chi connectivity index (χ3n) is 5.51. The number of aliphatic carboxylic acids is 1. The zero-order valence-corrected chi connectivity index (χ0v) is 13.6. The summed E-state index contributed by atoms with van der Waals surface area (Å²) in [6.07, 6.45) is 1.67. The maximum atomic E-state index is 13.0. The summed E-state index contributed by atoms with van der Waals surface area (Å²) < 4.78 is 11.7. The first-order valence-electron chi connectivity index (χ1n) is 8.52. The van der Waals surface area contributed by atoms with Crippen LogP contribution in [0, 0.1) is 11.8 Å². The number of carbonyl (C=O) groups is 2. The van der Waals surface area contributed by atoms with Gasteiger partial charge in [0.25, 0.3) is 5.91 Å². The lowest BCUT2D eigenvalue weighted by atomic mass is 9.94. The third-order valence-corrected chi connectivity index (χ3v) is 5.51. The first-order valence-corrected chi connectivity index (χ1v) is 8.52. The minimum atomic E-state index is -0.914. The van der Waals surface area contributed by atoms with E-state index in [0.29, 0.717) is 24.0 Å². The molecule has 1 aliphatic carbocycles. The van der Waals surface area contributed by atoms with Gasteiger partial charge in [-0.1, -0.05) is 18.6 Å². The molecule has 0 bridgehead atoms. The van der Waals surface area contributed by atoms with Crippen LogP contribution in [0.1, 0.15) is 26.2 Å². The molecule has 1 saturated carbocycles. The highest BCUT2D eigenvalue weighted by atomic mass is 16.6. The van der Waals surface area contributed by atoms with Crippen molar-refractivity contribution in [3.8, 4) is 11.5 Å². The number of fused-ring (bicyclic) bond motifs is 2. The Balaban J connectivity index is 1.58. The summed E-state index contributed by atoms with van der Waals surface area (Å²) in [5, 5.41) is 9.64. The summed E-state index contributed by atoms with van der Waals surface area (Å²) in [6, 6.07) is 6.49. The topological polar surface area (TPSA) is 76.1 Å². The van der Waals surface area contributed by atoms with Crippen molar-refractivity contribution < 1.29 is 24.2 Å². The van der Waals surface area contributed by atoms with Gasteiger partial charge >= 0.3 is 5.97 Å². The van der Waals surface area contributed by atoms with Crippen LogP contribution < -0.4 is 9.47 Å². The highest BCUT2D eigenvalue weighted by Gasteiger charge is 2.52. The van der Waals surface area contributed by atoms with Gasteiger partial charge in [0, 0.05) is 6.54 Å². The summed E-state index contributed by atoms with van der Waals surface area (Å²) in [7, 11) is 0. The Labute approximate surface area is 140 Å². The molecule has 1 N–H and O–H groups in total. The van der Waals surface area contributed by atoms with Gasteiger partial charge in [-0.3, -0.25) is 4.79 Å². The van der Waals surface area contributed by atoms with Crippen LogP contribution in [-0.2, 0) is 9.59 Å². The number of carboxylic acids is 1. The van der Waals surface area contributed by atoms with Gasteiger partial charge in [0.2, 0.25) is 6.10 Å². The van der Waals surface area contributed by atoms with Crippen LogP contribution in [0.5, 0.6) is 11.5 Å². The summed E-state index contributed by atoms with van der Waals surface area (Å²) in [5.41, 5.74) is 0. The van der Waals surface area contributed by atoms with Crippen molar-refractivity contribution in [2.24, 2.45) is 11.8 Å². The van der Waals surface area contributed by atoms with E-state index < -0.39 is 24.2 Å². The molecule has 5 atom stereocenters. The molecule has 1 saturated heterocycles. The largest absolute Gasteiger partial charge is 0.482 e. The van der Waals surface area contributed by atoms with Crippen LogP contribution in [0.25, 0.3) is 0 Å². The number of hydrogen-bond acceptors (Lipinski definition) is 4. The second kappa shape index (κ2) is 5.69. The predicted octanol–water partition coefficient (Wildman–Crippen LogP) is 1.93. The summed E-state index contributed by atoms with van der Waals surface area (Å²) in [6.45, 7) is 2.29. The van der Waals surface area contributed by atoms with Gasteiger partial charge in [-0.2, -0.15) is 0 Å². The average Bonchev–Trinajstić information content (AvgIpc) is 3.13. The summed E-state index contributed by atoms with van der Waals surface area (Å²) in [4.78, 5) is 26.3. The van der Waals surface area contributed by atoms with Gasteiger partial charge in [-0.25, -0.2) is 4.79 Å². The Bertz CT molecular complexity index is 675. The fraction of sp³-hybridized carbons (Fsp3) is 0.556. The number of benzene rings is 1. The van der Waals surface area contributed by atoms with E-state index in [4.69, 9.17) is 9.47 Å². The molecule has 6 heteroatoms. The molecule has 1 aromatic carbocycles. The lowest BCUT2D eigenvalue weighted by molar-refractivity contribution is -0.155. The molecule has 2 heterocycles. The van der Waals surface area contributed by atoms with Crippen molar-refractivity contribution in [1.82, 2.24) is 4.90 Å². The van der Waals surface area contributed by atoms with Crippen molar-refractivity contribution in [1.29, 1.82) is 0 Å². The number of rotatable bonds is 2. The molecule has 6 nitrogen and oxygen atoms in total. The molecule has 5 unspecified atom stereocenters. The predicted molar refractivity (Wildman–Crippen MR) is 84.9 cm³/mol. The van der Waals surface area contributed by atoms with E-state index in [1.165, 1.54) is 4.90 Å². The summed E-state index contributed by atoms with van der Waals surface area (Å²) >= 11 is 0. The number of amides is 1. The highest BCUT2D eigenvalue weighted by molar-refractivity contribution is 5.88. The molecule has 1 aromatic rings. The van der Waals surface area contributed by atoms with Gasteiger partial charge in [0.05, 0.1) is 0 Å². The van der Waals surface area contributed by atoms with E-state index in [9.17, 15) is 14.7 Å². The van der Waals surface area contributed by atoms with Crippen molar-refractivity contribution in [3.05, 3.63) is 24.3 Å². The molecule has 0 radical (unpaired) electrons. The molecule has 24 heavy (non-hydrogen) atoms. The molecule has 3 aliphatic rings. The number of carbonyl (C=O) groups excluding carboxylic acids is 1. The fourth-order valence-corrected chi connectivity index (χ4v) is 4.40. The molecular formula is C18H21NO5. The van der Waals surface area contributed by atoms with E-state index in [1.54, 1.807) is 19.1 Å². The molecular weight excluding hydrogens is 310 g/mol. The smallest absolute Gasteiger partial charge is 0.326 e. The Hall–Kier alpha value is -2.24. The number of nitrogens with zero attached hydrogens (tertiary/aromatic N) is 1. The van der Waals surface area contributed by atoms with E-state index in [1.807, 2.05) is 12.1 Å². The van der Waals surface area contributed by atoms with Gasteiger partial charge in [-0.05, 0) is 43.7 Å². The molecule has 0 spiro atoms. The zero-order valence-electron chi connectivity index (χ0n) is 13.6. The molecule has 0 aromatic heterocycles. The van der Waals surface area contributed by atoms with Gasteiger partial charge in [0.15, 0.2) is 11.5 Å². The number of likely N-dealkylation sites (tertiary alicyclic amines) is 1. The Morgan fingerprint density at radius 2 is 1.88 bits per heavy atom. The van der Waals surface area contributed by atoms with Crippen molar-refractivity contribution in [2.45, 2.75) is 44.4 Å². The van der Waals surface area contributed by atoms with Crippen molar-refractivity contribution in [2.75, 3.05) is 6.54 Å². The maximum Gasteiger partial charge on any atom is 0.326 e. The first-order chi connectivity index (χ1) is 11.6. The molecule has 2 aliphatic heterocycles. The number of hydrogen-bond donors (Lipinski definition) is 1. The van der Waals surface area contributed by atoms with Crippen molar-refractivity contribution >= 4 is 11.9 Å².